The Kier molecular flexibility index (Phi) is 6.56. The highest BCUT2D eigenvalue weighted by molar-refractivity contribution is 5.85. The van der Waals surface area contributed by atoms with Crippen LogP contribution in [0, 0.1) is 0 Å². The molecule has 0 aliphatic carbocycles. The first-order chi connectivity index (χ1) is 16.3. The molecule has 0 fully saturated rings. The normalized spacial score (nSPS) is 12.6. The van der Waals surface area contributed by atoms with Crippen LogP contribution in [0.3, 0.4) is 0 Å². The number of rotatable bonds is 9. The van der Waals surface area contributed by atoms with Crippen LogP contribution in [0.5, 0.6) is 0 Å². The van der Waals surface area contributed by atoms with E-state index in [4.69, 9.17) is 10.7 Å². The summed E-state index contributed by atoms with van der Waals surface area (Å²) < 4.78 is 30.3. The van der Waals surface area contributed by atoms with E-state index in [1.165, 1.54) is 24.4 Å². The van der Waals surface area contributed by atoms with Gasteiger partial charge in [-0.15, -0.1) is 6.58 Å². The molecular weight excluding hydrogens is 436 g/mol. The average Bonchev–Trinajstić information content (AvgIpc) is 3.24. The minimum atomic E-state index is -2.98. The van der Waals surface area contributed by atoms with E-state index in [-0.39, 0.29) is 11.6 Å². The molecule has 9 heteroatoms. The van der Waals surface area contributed by atoms with Gasteiger partial charge in [-0.25, -0.2) is 23.7 Å². The monoisotopic (exact) mass is 463 g/mol. The summed E-state index contributed by atoms with van der Waals surface area (Å²) >= 11 is 0. The number of pyridine rings is 1. The minimum Gasteiger partial charge on any atom is -0.382 e. The zero-order valence-corrected chi connectivity index (χ0v) is 19.1. The van der Waals surface area contributed by atoms with Crippen molar-refractivity contribution in [1.82, 2.24) is 24.7 Å². The number of imidazole rings is 1. The predicted molar refractivity (Wildman–Crippen MR) is 131 cm³/mol. The molecule has 3 heterocycles. The van der Waals surface area contributed by atoms with Crippen molar-refractivity contribution in [3.63, 3.8) is 0 Å². The van der Waals surface area contributed by atoms with Gasteiger partial charge in [-0.2, -0.15) is 0 Å². The summed E-state index contributed by atoms with van der Waals surface area (Å²) in [6, 6.07) is 10.5. The fourth-order valence-corrected chi connectivity index (χ4v) is 3.75. The molecule has 0 saturated heterocycles. The van der Waals surface area contributed by atoms with Crippen LogP contribution in [0.1, 0.15) is 36.3 Å². The van der Waals surface area contributed by atoms with Crippen LogP contribution >= 0.6 is 0 Å². The molecule has 0 unspecified atom stereocenters. The third kappa shape index (κ3) is 4.60. The molecule has 4 rings (SSSR count). The van der Waals surface area contributed by atoms with Gasteiger partial charge in [0.25, 0.3) is 5.92 Å². The molecule has 3 aromatic heterocycles. The van der Waals surface area contributed by atoms with Gasteiger partial charge in [0.05, 0.1) is 6.04 Å². The number of nitrogens with zero attached hydrogens (tertiary/aromatic N) is 4. The van der Waals surface area contributed by atoms with Gasteiger partial charge in [0.2, 0.25) is 0 Å². The fraction of sp³-hybridized carbons (Fsp3) is 0.240. The van der Waals surface area contributed by atoms with E-state index < -0.39 is 12.3 Å². The summed E-state index contributed by atoms with van der Waals surface area (Å²) in [6.45, 7) is 5.86. The van der Waals surface area contributed by atoms with Crippen molar-refractivity contribution in [2.24, 2.45) is 0 Å². The molecule has 0 bridgehead atoms. The van der Waals surface area contributed by atoms with Gasteiger partial charge >= 0.3 is 0 Å². The van der Waals surface area contributed by atoms with Crippen molar-refractivity contribution in [1.29, 1.82) is 0 Å². The Morgan fingerprint density at radius 3 is 2.65 bits per heavy atom. The fourth-order valence-electron chi connectivity index (χ4n) is 3.75. The van der Waals surface area contributed by atoms with E-state index in [0.717, 1.165) is 28.2 Å². The van der Waals surface area contributed by atoms with Crippen molar-refractivity contribution >= 4 is 17.2 Å². The molecule has 0 amide bonds. The molecule has 0 aliphatic rings. The SMILES string of the molecule is C=CCC(F)(F)c1ccnc(NCc2ccc(-c3nc([C@H](C)NC)n4ccnc(N)c34)cc2)c1. The lowest BCUT2D eigenvalue weighted by Crippen LogP contribution is -2.15. The van der Waals surface area contributed by atoms with Crippen LogP contribution in [0.15, 0.2) is 67.6 Å². The summed E-state index contributed by atoms with van der Waals surface area (Å²) in [4.78, 5) is 13.2. The third-order valence-corrected chi connectivity index (χ3v) is 5.71. The molecule has 1 atom stereocenters. The Balaban J connectivity index is 1.55. The summed E-state index contributed by atoms with van der Waals surface area (Å²) in [5, 5.41) is 6.32. The molecule has 0 saturated carbocycles. The van der Waals surface area contributed by atoms with Gasteiger partial charge in [-0.3, -0.25) is 4.40 Å². The van der Waals surface area contributed by atoms with Crippen molar-refractivity contribution in [2.75, 3.05) is 18.1 Å². The molecule has 34 heavy (non-hydrogen) atoms. The maximum atomic E-state index is 14.2. The average molecular weight is 464 g/mol. The minimum absolute atomic E-state index is 0.0219. The lowest BCUT2D eigenvalue weighted by molar-refractivity contribution is -0.000878. The number of halogens is 2. The third-order valence-electron chi connectivity index (χ3n) is 5.71. The topological polar surface area (TPSA) is 93.2 Å². The highest BCUT2D eigenvalue weighted by atomic mass is 19.3. The van der Waals surface area contributed by atoms with E-state index >= 15 is 0 Å². The maximum absolute atomic E-state index is 14.2. The Hall–Kier alpha value is -3.85. The van der Waals surface area contributed by atoms with Crippen LogP contribution in [-0.4, -0.2) is 26.4 Å². The molecular formula is C25H27F2N7. The van der Waals surface area contributed by atoms with E-state index in [0.29, 0.717) is 18.2 Å². The highest BCUT2D eigenvalue weighted by Gasteiger charge is 2.30. The number of nitrogens with two attached hydrogens (primary N) is 1. The first-order valence-corrected chi connectivity index (χ1v) is 10.9. The van der Waals surface area contributed by atoms with Gasteiger partial charge in [-0.1, -0.05) is 30.3 Å². The number of hydrogen-bond donors (Lipinski definition) is 3. The quantitative estimate of drug-likeness (QED) is 0.305. The van der Waals surface area contributed by atoms with Gasteiger partial charge in [0.1, 0.15) is 28.7 Å². The molecule has 1 aromatic carbocycles. The van der Waals surface area contributed by atoms with E-state index in [9.17, 15) is 8.78 Å². The number of benzene rings is 1. The predicted octanol–water partition coefficient (Wildman–Crippen LogP) is 4.93. The molecule has 0 radical (unpaired) electrons. The maximum Gasteiger partial charge on any atom is 0.276 e. The molecule has 176 valence electrons. The summed E-state index contributed by atoms with van der Waals surface area (Å²) in [5.41, 5.74) is 9.47. The molecule has 0 spiro atoms. The van der Waals surface area contributed by atoms with Crippen molar-refractivity contribution in [3.05, 3.63) is 84.6 Å². The summed E-state index contributed by atoms with van der Waals surface area (Å²) in [5.74, 6) is -1.35. The number of alkyl halides is 2. The Morgan fingerprint density at radius 2 is 1.94 bits per heavy atom. The van der Waals surface area contributed by atoms with Gasteiger partial charge in [0, 0.05) is 42.7 Å². The number of allylic oxidation sites excluding steroid dienone is 1. The zero-order valence-electron chi connectivity index (χ0n) is 19.1. The van der Waals surface area contributed by atoms with Crippen LogP contribution in [-0.2, 0) is 12.5 Å². The smallest absolute Gasteiger partial charge is 0.276 e. The highest BCUT2D eigenvalue weighted by Crippen LogP contribution is 2.33. The van der Waals surface area contributed by atoms with Crippen LogP contribution in [0.2, 0.25) is 0 Å². The number of hydrogen-bond acceptors (Lipinski definition) is 6. The first-order valence-electron chi connectivity index (χ1n) is 10.9. The number of anilines is 2. The van der Waals surface area contributed by atoms with E-state index in [2.05, 4.69) is 27.2 Å². The number of nitrogens with one attached hydrogen (secondary N) is 2. The van der Waals surface area contributed by atoms with Gasteiger partial charge in [-0.05, 0) is 31.7 Å². The second-order valence-corrected chi connectivity index (χ2v) is 8.04. The van der Waals surface area contributed by atoms with E-state index in [1.54, 1.807) is 6.20 Å². The molecule has 0 aliphatic heterocycles. The summed E-state index contributed by atoms with van der Waals surface area (Å²) in [6.07, 6.45) is 5.68. The second kappa shape index (κ2) is 9.56. The standard InChI is InChI=1S/C25H27F2N7/c1-4-10-25(26,27)19-9-11-30-20(14-19)32-15-17-5-7-18(8-6-17)21-22-23(28)31-12-13-34(22)24(33-21)16(2)29-3/h4-9,11-14,16,29H,1,10,15H2,2-3H3,(H2,28,31)(H,30,32)/t16-/m0/s1. The van der Waals surface area contributed by atoms with E-state index in [1.807, 2.05) is 48.8 Å². The van der Waals surface area contributed by atoms with Crippen LogP contribution in [0.25, 0.3) is 16.8 Å². The second-order valence-electron chi connectivity index (χ2n) is 8.04. The van der Waals surface area contributed by atoms with Crippen molar-refractivity contribution in [2.45, 2.75) is 31.9 Å². The Bertz CT molecular complexity index is 1300. The van der Waals surface area contributed by atoms with Crippen molar-refractivity contribution < 1.29 is 8.78 Å². The lowest BCUT2D eigenvalue weighted by atomic mass is 10.1. The van der Waals surface area contributed by atoms with Gasteiger partial charge in [0.15, 0.2) is 0 Å². The summed E-state index contributed by atoms with van der Waals surface area (Å²) in [7, 11) is 1.88. The molecule has 4 N–H and O–H groups in total. The van der Waals surface area contributed by atoms with Crippen LogP contribution in [0.4, 0.5) is 20.4 Å². The number of fused-ring (bicyclic) bond motifs is 1. The van der Waals surface area contributed by atoms with Crippen LogP contribution < -0.4 is 16.4 Å². The Morgan fingerprint density at radius 1 is 1.18 bits per heavy atom. The molecule has 4 aromatic rings. The molecule has 7 nitrogen and oxygen atoms in total. The lowest BCUT2D eigenvalue weighted by Gasteiger charge is -2.15. The number of nitrogen functional groups attached to an aromatic ring is 1. The number of aromatic nitrogens is 4. The van der Waals surface area contributed by atoms with Gasteiger partial charge < -0.3 is 16.4 Å². The largest absolute Gasteiger partial charge is 0.382 e. The Labute approximate surface area is 196 Å². The zero-order chi connectivity index (χ0) is 24.3. The van der Waals surface area contributed by atoms with Crippen molar-refractivity contribution in [3.8, 4) is 11.3 Å². The first kappa shape index (κ1) is 23.3.